The fraction of sp³-hybridized carbons (Fsp3) is 1.00. The highest BCUT2D eigenvalue weighted by molar-refractivity contribution is 7.79. The Morgan fingerprint density at radius 2 is 1.07 bits per heavy atom. The van der Waals surface area contributed by atoms with Gasteiger partial charge in [-0.25, -0.2) is 0 Å². The fourth-order valence-electron chi connectivity index (χ4n) is 0.570. The van der Waals surface area contributed by atoms with Crippen molar-refractivity contribution in [3.8, 4) is 0 Å². The van der Waals surface area contributed by atoms with E-state index in [4.69, 9.17) is 0 Å². The third kappa shape index (κ3) is 2.82. The Morgan fingerprint density at radius 1 is 0.667 bits per heavy atom. The van der Waals surface area contributed by atoms with Gasteiger partial charge in [0.2, 0.25) is 0 Å². The van der Waals surface area contributed by atoms with Crippen LogP contribution in [0, 0.1) is 0 Å². The van der Waals surface area contributed by atoms with Crippen LogP contribution < -0.4 is 0 Å². The first kappa shape index (κ1) is 13.2. The van der Waals surface area contributed by atoms with Gasteiger partial charge in [-0.3, -0.25) is 0 Å². The van der Waals surface area contributed by atoms with E-state index in [0.29, 0.717) is 0 Å². The molecule has 0 aromatic carbocycles. The molecule has 0 radical (unpaired) electrons. The van der Waals surface area contributed by atoms with E-state index in [2.05, 4.69) is 0 Å². The summed E-state index contributed by atoms with van der Waals surface area (Å²) in [6.07, 6.45) is 0. The topological polar surface area (TPSA) is 37.1 Å². The van der Waals surface area contributed by atoms with Crippen LogP contribution >= 0.6 is 23.2 Å². The lowest BCUT2D eigenvalue weighted by molar-refractivity contribution is -0.0464. The second-order valence-electron chi connectivity index (χ2n) is 2.17. The lowest BCUT2D eigenvalue weighted by Gasteiger charge is -2.18. The summed E-state index contributed by atoms with van der Waals surface area (Å²) in [6, 6.07) is 0. The van der Waals surface area contributed by atoms with Crippen molar-refractivity contribution in [3.63, 3.8) is 0 Å². The van der Waals surface area contributed by atoms with Crippen LogP contribution in [0.4, 0.5) is 34.2 Å². The second-order valence-corrected chi connectivity index (χ2v) is 7.70. The van der Waals surface area contributed by atoms with Gasteiger partial charge >= 0.3 is 29.1 Å². The van der Waals surface area contributed by atoms with E-state index >= 15 is 0 Å². The Labute approximate surface area is 77.8 Å². The summed E-state index contributed by atoms with van der Waals surface area (Å²) in [5, 5.41) is 0. The maximum atomic E-state index is 12.8. The number of hydrogen-bond donors (Lipinski definition) is 0. The van der Waals surface area contributed by atoms with Crippen LogP contribution in [0.5, 0.6) is 0 Å². The van der Waals surface area contributed by atoms with Crippen molar-refractivity contribution in [2.24, 2.45) is 13.5 Å². The third-order valence-corrected chi connectivity index (χ3v) is 6.98. The van der Waals surface area contributed by atoms with Gasteiger partial charge in [0.05, 0.1) is 0 Å². The smallest absolute Gasteiger partial charge is 0.173 e. The average Bonchev–Trinajstić information content (AvgIpc) is 1.72. The van der Waals surface area contributed by atoms with Crippen LogP contribution in [0.1, 0.15) is 0 Å². The molecule has 0 saturated carbocycles. The van der Waals surface area contributed by atoms with Crippen LogP contribution in [0.2, 0.25) is 0 Å². The lowest BCUT2D eigenvalue weighted by atomic mass is 11.6. The Hall–Kier alpha value is 0.130. The van der Waals surface area contributed by atoms with E-state index in [9.17, 15) is 34.2 Å². The Balaban J connectivity index is 3.58. The molecular formula is CF8N3P3. The second kappa shape index (κ2) is 3.31. The minimum absolute atomic E-state index is 1.42. The summed E-state index contributed by atoms with van der Waals surface area (Å²) >= 11 is 0. The molecule has 0 aromatic heterocycles. The van der Waals surface area contributed by atoms with Crippen LogP contribution in [0.15, 0.2) is 13.5 Å². The summed E-state index contributed by atoms with van der Waals surface area (Å²) < 4.78 is 102. The lowest BCUT2D eigenvalue weighted by Crippen LogP contribution is -2.04. The van der Waals surface area contributed by atoms with Gasteiger partial charge < -0.3 is 0 Å². The van der Waals surface area contributed by atoms with Gasteiger partial charge in [-0.05, 0) is 0 Å². The zero-order valence-electron chi connectivity index (χ0n) is 6.21. The maximum absolute atomic E-state index is 12.8. The Bertz CT molecular complexity index is 425. The molecule has 0 N–H and O–H groups in total. The van der Waals surface area contributed by atoms with Crippen molar-refractivity contribution >= 4 is 23.2 Å². The van der Waals surface area contributed by atoms with E-state index in [1.807, 2.05) is 0 Å². The molecule has 0 saturated heterocycles. The molecule has 1 atom stereocenters. The van der Waals surface area contributed by atoms with Gasteiger partial charge in [0.15, 0.2) is 0 Å². The van der Waals surface area contributed by atoms with Crippen molar-refractivity contribution in [1.82, 2.24) is 0 Å². The molecule has 14 heteroatoms. The van der Waals surface area contributed by atoms with E-state index < -0.39 is 29.1 Å². The van der Waals surface area contributed by atoms with Gasteiger partial charge in [0, 0.05) is 0 Å². The summed E-state index contributed by atoms with van der Waals surface area (Å²) in [7, 11) is -19.1. The van der Waals surface area contributed by atoms with Crippen molar-refractivity contribution in [2.75, 3.05) is 0 Å². The van der Waals surface area contributed by atoms with Gasteiger partial charge in [0.1, 0.15) is 0 Å². The number of rotatable bonds is 0. The number of hydrogen-bond acceptors (Lipinski definition) is 3. The molecule has 1 heterocycles. The minimum atomic E-state index is -6.54. The molecule has 90 valence electrons. The van der Waals surface area contributed by atoms with Crippen LogP contribution in [0.3, 0.4) is 0 Å². The van der Waals surface area contributed by atoms with Gasteiger partial charge in [-0.15, -0.1) is 30.3 Å². The third-order valence-electron chi connectivity index (χ3n) is 0.990. The molecule has 0 spiro atoms. The van der Waals surface area contributed by atoms with Crippen LogP contribution in [0.25, 0.3) is 0 Å². The largest absolute Gasteiger partial charge is 0.472 e. The zero-order chi connectivity index (χ0) is 12.1. The molecule has 1 unspecified atom stereocenters. The fourth-order valence-corrected chi connectivity index (χ4v) is 6.09. The highest BCUT2D eigenvalue weighted by Gasteiger charge is 2.56. The number of nitrogens with zero attached hydrogens (tertiary/aromatic N) is 3. The molecule has 1 aliphatic heterocycles. The molecular weight excluding hydrogens is 299 g/mol. The SMILES string of the molecule is FC(F)(F)P1(F)=NP(F)(F)=NP(F)(F)=N1. The normalized spacial score (nSPS) is 33.6. The zero-order valence-corrected chi connectivity index (χ0v) is 8.89. The first-order chi connectivity index (χ1) is 6.37. The van der Waals surface area contributed by atoms with Crippen LogP contribution in [-0.4, -0.2) is 5.92 Å². The summed E-state index contributed by atoms with van der Waals surface area (Å²) in [5.74, 6) is -5.93. The van der Waals surface area contributed by atoms with Gasteiger partial charge in [-0.2, -0.15) is 17.4 Å². The van der Waals surface area contributed by atoms with E-state index in [1.54, 1.807) is 0 Å². The van der Waals surface area contributed by atoms with Crippen molar-refractivity contribution in [1.29, 1.82) is 0 Å². The molecule has 0 bridgehead atoms. The Morgan fingerprint density at radius 3 is 1.40 bits per heavy atom. The molecule has 0 amide bonds. The first-order valence-corrected chi connectivity index (χ1v) is 7.37. The van der Waals surface area contributed by atoms with E-state index in [1.165, 1.54) is 13.5 Å². The van der Waals surface area contributed by atoms with E-state index in [-0.39, 0.29) is 0 Å². The summed E-state index contributed by atoms with van der Waals surface area (Å²) in [4.78, 5) is 0. The number of halogens is 8. The first-order valence-electron chi connectivity index (χ1n) is 2.84. The van der Waals surface area contributed by atoms with Crippen molar-refractivity contribution in [3.05, 3.63) is 0 Å². The monoisotopic (exact) mass is 299 g/mol. The molecule has 0 aliphatic carbocycles. The molecule has 0 fully saturated rings. The highest BCUT2D eigenvalue weighted by Crippen LogP contribution is 2.85. The number of alkyl halides is 3. The van der Waals surface area contributed by atoms with Gasteiger partial charge in [-0.1, -0.05) is 0 Å². The maximum Gasteiger partial charge on any atom is 0.472 e. The van der Waals surface area contributed by atoms with E-state index in [0.717, 1.165) is 0 Å². The standard InChI is InChI=1S/CF8N3P3/c2-1(3,4)13(5)10-14(6,7)12-15(8,9)11-13. The van der Waals surface area contributed by atoms with Gasteiger partial charge in [0.25, 0.3) is 0 Å². The molecule has 0 aromatic rings. The van der Waals surface area contributed by atoms with Crippen molar-refractivity contribution < 1.29 is 34.2 Å². The molecule has 15 heavy (non-hydrogen) atoms. The minimum Gasteiger partial charge on any atom is -0.173 e. The predicted octanol–water partition coefficient (Wildman–Crippen LogP) is 6.29. The average molecular weight is 299 g/mol. The quantitative estimate of drug-likeness (QED) is 0.372. The Kier molecular flexibility index (Phi) is 2.91. The molecule has 1 aliphatic rings. The highest BCUT2D eigenvalue weighted by atomic mass is 31.3. The summed E-state index contributed by atoms with van der Waals surface area (Å²) in [5.41, 5.74) is 0. The van der Waals surface area contributed by atoms with Crippen molar-refractivity contribution in [2.45, 2.75) is 5.92 Å². The summed E-state index contributed by atoms with van der Waals surface area (Å²) in [6.45, 7) is 0. The molecule has 3 nitrogen and oxygen atoms in total. The van der Waals surface area contributed by atoms with Crippen LogP contribution in [-0.2, 0) is 0 Å². The predicted molar refractivity (Wildman–Crippen MR) is 39.6 cm³/mol. The molecule has 1 rings (SSSR count).